The minimum atomic E-state index is -0.231. The molecule has 0 saturated carbocycles. The predicted molar refractivity (Wildman–Crippen MR) is 147 cm³/mol. The normalized spacial score (nSPS) is 10.8. The molecule has 0 saturated heterocycles. The maximum absolute atomic E-state index is 15.0. The van der Waals surface area contributed by atoms with Crippen LogP contribution in [0.25, 0.3) is 10.8 Å². The highest BCUT2D eigenvalue weighted by Gasteiger charge is 2.06. The summed E-state index contributed by atoms with van der Waals surface area (Å²) in [6, 6.07) is 27.2. The maximum Gasteiger partial charge on any atom is 0.146 e. The van der Waals surface area contributed by atoms with Crippen LogP contribution in [0, 0.1) is 17.7 Å². The lowest BCUT2D eigenvalue weighted by molar-refractivity contribution is 0.636. The molecule has 0 bridgehead atoms. The van der Waals surface area contributed by atoms with Crippen LogP contribution in [0.5, 0.6) is 0 Å². The van der Waals surface area contributed by atoms with Gasteiger partial charge in [0.05, 0.1) is 5.56 Å². The Labute approximate surface area is 210 Å². The molecule has 0 heterocycles. The molecule has 4 aromatic carbocycles. The molecular formula is C34H35F. The van der Waals surface area contributed by atoms with Crippen molar-refractivity contribution in [3.63, 3.8) is 0 Å². The zero-order valence-corrected chi connectivity index (χ0v) is 21.0. The van der Waals surface area contributed by atoms with Crippen molar-refractivity contribution in [1.29, 1.82) is 0 Å². The van der Waals surface area contributed by atoms with E-state index in [9.17, 15) is 0 Å². The second-order valence-corrected chi connectivity index (χ2v) is 9.45. The van der Waals surface area contributed by atoms with Gasteiger partial charge in [0.15, 0.2) is 0 Å². The molecule has 0 radical (unpaired) electrons. The van der Waals surface area contributed by atoms with Gasteiger partial charge in [0.1, 0.15) is 5.82 Å². The van der Waals surface area contributed by atoms with Gasteiger partial charge in [-0.25, -0.2) is 4.39 Å². The number of hydrogen-bond acceptors (Lipinski definition) is 0. The van der Waals surface area contributed by atoms with E-state index in [0.29, 0.717) is 10.9 Å². The number of aryl methyl sites for hydroxylation is 4. The molecule has 1 heteroatoms. The van der Waals surface area contributed by atoms with Gasteiger partial charge in [-0.15, -0.1) is 0 Å². The Balaban J connectivity index is 1.37. The number of hydrogen-bond donors (Lipinski definition) is 0. The van der Waals surface area contributed by atoms with Crippen LogP contribution in [-0.4, -0.2) is 0 Å². The van der Waals surface area contributed by atoms with Crippen LogP contribution in [0.3, 0.4) is 0 Å². The molecule has 0 atom stereocenters. The SMILES string of the molecule is CCCCCc1ccc(CCc2ccc(C#Cc3ccc4cc(CCC)ccc4c3F)cc2)cc1. The second-order valence-electron chi connectivity index (χ2n) is 9.45. The number of rotatable bonds is 9. The molecular weight excluding hydrogens is 427 g/mol. The molecule has 35 heavy (non-hydrogen) atoms. The molecule has 0 fully saturated rings. The minimum Gasteiger partial charge on any atom is -0.205 e. The molecule has 0 amide bonds. The minimum absolute atomic E-state index is 0.231. The molecule has 0 nitrogen and oxygen atoms in total. The fourth-order valence-corrected chi connectivity index (χ4v) is 4.52. The summed E-state index contributed by atoms with van der Waals surface area (Å²) in [4.78, 5) is 0. The molecule has 0 N–H and O–H groups in total. The van der Waals surface area contributed by atoms with E-state index in [0.717, 1.165) is 36.6 Å². The average molecular weight is 463 g/mol. The van der Waals surface area contributed by atoms with Crippen LogP contribution in [0.4, 0.5) is 4.39 Å². The van der Waals surface area contributed by atoms with E-state index in [4.69, 9.17) is 0 Å². The Kier molecular flexibility index (Phi) is 8.74. The molecule has 0 spiro atoms. The molecule has 4 rings (SSSR count). The smallest absolute Gasteiger partial charge is 0.146 e. The van der Waals surface area contributed by atoms with Crippen molar-refractivity contribution in [2.75, 3.05) is 0 Å². The lowest BCUT2D eigenvalue weighted by Gasteiger charge is -2.05. The zero-order valence-electron chi connectivity index (χ0n) is 21.0. The first-order valence-electron chi connectivity index (χ1n) is 13.1. The van der Waals surface area contributed by atoms with Crippen LogP contribution >= 0.6 is 0 Å². The van der Waals surface area contributed by atoms with Crippen molar-refractivity contribution in [3.05, 3.63) is 118 Å². The lowest BCUT2D eigenvalue weighted by atomic mass is 10.0. The summed E-state index contributed by atoms with van der Waals surface area (Å²) in [5.74, 6) is 5.94. The molecule has 0 aliphatic heterocycles. The second kappa shape index (κ2) is 12.4. The van der Waals surface area contributed by atoms with Gasteiger partial charge in [-0.05, 0) is 77.9 Å². The molecule has 0 aliphatic rings. The molecule has 0 aliphatic carbocycles. The summed E-state index contributed by atoms with van der Waals surface area (Å²) in [5.41, 5.74) is 6.71. The van der Waals surface area contributed by atoms with Crippen molar-refractivity contribution in [2.24, 2.45) is 0 Å². The summed E-state index contributed by atoms with van der Waals surface area (Å²) >= 11 is 0. The largest absolute Gasteiger partial charge is 0.205 e. The number of benzene rings is 4. The van der Waals surface area contributed by atoms with Crippen LogP contribution in [-0.2, 0) is 25.7 Å². The first-order valence-corrected chi connectivity index (χ1v) is 13.1. The summed E-state index contributed by atoms with van der Waals surface area (Å²) in [6.07, 6.45) is 9.16. The summed E-state index contributed by atoms with van der Waals surface area (Å²) in [5, 5.41) is 1.58. The van der Waals surface area contributed by atoms with Crippen LogP contribution in [0.15, 0.2) is 78.9 Å². The van der Waals surface area contributed by atoms with E-state index in [1.54, 1.807) is 6.07 Å². The van der Waals surface area contributed by atoms with Gasteiger partial charge in [-0.2, -0.15) is 0 Å². The Hall–Kier alpha value is -3.37. The van der Waals surface area contributed by atoms with Crippen LogP contribution in [0.1, 0.15) is 72.9 Å². The van der Waals surface area contributed by atoms with Gasteiger partial charge in [-0.1, -0.05) is 106 Å². The van der Waals surface area contributed by atoms with Crippen LogP contribution in [0.2, 0.25) is 0 Å². The third kappa shape index (κ3) is 6.83. The average Bonchev–Trinajstić information content (AvgIpc) is 2.89. The van der Waals surface area contributed by atoms with E-state index in [1.165, 1.54) is 47.9 Å². The monoisotopic (exact) mass is 462 g/mol. The van der Waals surface area contributed by atoms with E-state index >= 15 is 4.39 Å². The summed E-state index contributed by atoms with van der Waals surface area (Å²) in [7, 11) is 0. The van der Waals surface area contributed by atoms with E-state index in [2.05, 4.69) is 68.2 Å². The Morgan fingerprint density at radius 1 is 0.571 bits per heavy atom. The third-order valence-electron chi connectivity index (χ3n) is 6.65. The first-order chi connectivity index (χ1) is 17.2. The molecule has 4 aromatic rings. The maximum atomic E-state index is 15.0. The van der Waals surface area contributed by atoms with E-state index in [1.807, 2.05) is 30.3 Å². The highest BCUT2D eigenvalue weighted by atomic mass is 19.1. The van der Waals surface area contributed by atoms with Gasteiger partial charge in [-0.3, -0.25) is 0 Å². The number of fused-ring (bicyclic) bond motifs is 1. The Bertz CT molecular complexity index is 1300. The van der Waals surface area contributed by atoms with Crippen LogP contribution < -0.4 is 0 Å². The quantitative estimate of drug-likeness (QED) is 0.172. The first kappa shape index (κ1) is 24.7. The van der Waals surface area contributed by atoms with Crippen molar-refractivity contribution in [1.82, 2.24) is 0 Å². The molecule has 0 unspecified atom stereocenters. The van der Waals surface area contributed by atoms with Gasteiger partial charge in [0.2, 0.25) is 0 Å². The fraction of sp³-hybridized carbons (Fsp3) is 0.294. The van der Waals surface area contributed by atoms with Gasteiger partial charge >= 0.3 is 0 Å². The van der Waals surface area contributed by atoms with E-state index < -0.39 is 0 Å². The van der Waals surface area contributed by atoms with Crippen molar-refractivity contribution >= 4 is 10.8 Å². The summed E-state index contributed by atoms with van der Waals surface area (Å²) < 4.78 is 15.0. The van der Waals surface area contributed by atoms with Crippen molar-refractivity contribution in [2.45, 2.75) is 65.2 Å². The molecule has 178 valence electrons. The predicted octanol–water partition coefficient (Wildman–Crippen LogP) is 8.85. The summed E-state index contributed by atoms with van der Waals surface area (Å²) in [6.45, 7) is 4.40. The van der Waals surface area contributed by atoms with Gasteiger partial charge in [0, 0.05) is 10.9 Å². The molecule has 0 aromatic heterocycles. The Morgan fingerprint density at radius 2 is 1.20 bits per heavy atom. The van der Waals surface area contributed by atoms with Crippen molar-refractivity contribution < 1.29 is 4.39 Å². The van der Waals surface area contributed by atoms with Gasteiger partial charge < -0.3 is 0 Å². The Morgan fingerprint density at radius 3 is 1.86 bits per heavy atom. The van der Waals surface area contributed by atoms with Crippen molar-refractivity contribution in [3.8, 4) is 11.8 Å². The van der Waals surface area contributed by atoms with Gasteiger partial charge in [0.25, 0.3) is 0 Å². The highest BCUT2D eigenvalue weighted by Crippen LogP contribution is 2.23. The lowest BCUT2D eigenvalue weighted by Crippen LogP contribution is -1.93. The van der Waals surface area contributed by atoms with E-state index in [-0.39, 0.29) is 5.82 Å². The number of halogens is 1. The highest BCUT2D eigenvalue weighted by molar-refractivity contribution is 5.85. The standard InChI is InChI=1S/C34H35F/c1-3-5-6-8-26-9-11-27(12-10-26)13-14-28-15-17-29(18-16-28)19-21-31-22-23-32-25-30(7-4-2)20-24-33(32)34(31)35/h9-12,15-18,20,22-25H,3-8,13-14H2,1-2H3. The zero-order chi connectivity index (χ0) is 24.5. The third-order valence-corrected chi connectivity index (χ3v) is 6.65. The fourth-order valence-electron chi connectivity index (χ4n) is 4.52. The topological polar surface area (TPSA) is 0 Å². The number of unbranched alkanes of at least 4 members (excludes halogenated alkanes) is 2.